The van der Waals surface area contributed by atoms with Crippen LogP contribution in [0.2, 0.25) is 0 Å². The fourth-order valence-corrected chi connectivity index (χ4v) is 6.53. The van der Waals surface area contributed by atoms with Crippen molar-refractivity contribution >= 4 is 26.0 Å². The second-order valence-electron chi connectivity index (χ2n) is 9.00. The highest BCUT2D eigenvalue weighted by atomic mass is 32.2. The van der Waals surface area contributed by atoms with Gasteiger partial charge in [-0.2, -0.15) is 0 Å². The number of sulfonamides is 2. The smallest absolute Gasteiger partial charge is 0.242 e. The van der Waals surface area contributed by atoms with Crippen molar-refractivity contribution < 1.29 is 26.4 Å². The number of ether oxygens (including phenoxy) is 1. The molecule has 0 saturated carbocycles. The van der Waals surface area contributed by atoms with E-state index in [0.29, 0.717) is 38.0 Å². The molecule has 0 aromatic heterocycles. The number of piperidine rings is 1. The van der Waals surface area contributed by atoms with Crippen molar-refractivity contribution in [2.75, 3.05) is 46.1 Å². The molecule has 11 heteroatoms. The van der Waals surface area contributed by atoms with Gasteiger partial charge in [0.05, 0.1) is 23.1 Å². The summed E-state index contributed by atoms with van der Waals surface area (Å²) in [6.07, 6.45) is 2.53. The first-order valence-electron chi connectivity index (χ1n) is 12.0. The maximum absolute atomic E-state index is 12.8. The van der Waals surface area contributed by atoms with Gasteiger partial charge in [0.2, 0.25) is 26.0 Å². The molecule has 0 spiro atoms. The molecule has 1 saturated heterocycles. The van der Waals surface area contributed by atoms with Gasteiger partial charge in [-0.3, -0.25) is 4.79 Å². The second-order valence-corrected chi connectivity index (χ2v) is 13.2. The number of nitrogens with one attached hydrogen (secondary N) is 1. The number of aryl methyl sites for hydroxylation is 1. The van der Waals surface area contributed by atoms with Crippen LogP contribution in [0.15, 0.2) is 59.5 Å². The van der Waals surface area contributed by atoms with E-state index in [1.807, 2.05) is 30.3 Å². The molecule has 2 aromatic carbocycles. The lowest BCUT2D eigenvalue weighted by Gasteiger charge is -2.31. The summed E-state index contributed by atoms with van der Waals surface area (Å²) in [5.74, 6) is -0.0145. The van der Waals surface area contributed by atoms with Gasteiger partial charge < -0.3 is 10.1 Å². The summed E-state index contributed by atoms with van der Waals surface area (Å²) in [6.45, 7) is 1.11. The Bertz CT molecular complexity index is 1200. The van der Waals surface area contributed by atoms with Gasteiger partial charge in [0.1, 0.15) is 12.4 Å². The number of hydrogen-bond acceptors (Lipinski definition) is 6. The minimum absolute atomic E-state index is 0.0682. The second kappa shape index (κ2) is 12.7. The van der Waals surface area contributed by atoms with E-state index in [1.165, 1.54) is 30.5 Å². The highest BCUT2D eigenvalue weighted by molar-refractivity contribution is 7.89. The highest BCUT2D eigenvalue weighted by Gasteiger charge is 2.31. The van der Waals surface area contributed by atoms with Gasteiger partial charge >= 0.3 is 0 Å². The van der Waals surface area contributed by atoms with E-state index >= 15 is 0 Å². The van der Waals surface area contributed by atoms with Gasteiger partial charge in [0.25, 0.3) is 0 Å². The fraction of sp³-hybridized carbons (Fsp3) is 0.480. The van der Waals surface area contributed by atoms with Crippen LogP contribution in [0, 0.1) is 5.92 Å². The SMILES string of the molecule is CN(C)S(=O)(=O)c1ccc(OCCNC(=O)[C@@H]2CCCN(S(=O)(=O)CCCc3ccccc3)C2)cc1. The van der Waals surface area contributed by atoms with E-state index < -0.39 is 26.0 Å². The lowest BCUT2D eigenvalue weighted by atomic mass is 9.99. The van der Waals surface area contributed by atoms with Crippen LogP contribution in [0.3, 0.4) is 0 Å². The van der Waals surface area contributed by atoms with Crippen LogP contribution in [0.1, 0.15) is 24.8 Å². The molecular formula is C25H35N3O6S2. The van der Waals surface area contributed by atoms with Gasteiger partial charge in [-0.1, -0.05) is 30.3 Å². The molecule has 1 amide bonds. The van der Waals surface area contributed by atoms with E-state index in [4.69, 9.17) is 4.74 Å². The monoisotopic (exact) mass is 537 g/mol. The Hall–Kier alpha value is -2.47. The topological polar surface area (TPSA) is 113 Å². The van der Waals surface area contributed by atoms with Crippen LogP contribution in [0.5, 0.6) is 5.75 Å². The number of carbonyl (C=O) groups excluding carboxylic acids is 1. The highest BCUT2D eigenvalue weighted by Crippen LogP contribution is 2.21. The molecule has 36 heavy (non-hydrogen) atoms. The van der Waals surface area contributed by atoms with Crippen LogP contribution in [0.25, 0.3) is 0 Å². The maximum Gasteiger partial charge on any atom is 0.242 e. The Balaban J connectivity index is 1.41. The van der Waals surface area contributed by atoms with Gasteiger partial charge in [0.15, 0.2) is 0 Å². The summed E-state index contributed by atoms with van der Waals surface area (Å²) in [4.78, 5) is 12.8. The van der Waals surface area contributed by atoms with Gasteiger partial charge in [0, 0.05) is 27.2 Å². The fourth-order valence-electron chi connectivity index (χ4n) is 4.05. The Morgan fingerprint density at radius 2 is 1.75 bits per heavy atom. The quantitative estimate of drug-likeness (QED) is 0.415. The Labute approximate surface area is 214 Å². The maximum atomic E-state index is 12.8. The molecule has 1 aliphatic rings. The molecule has 0 bridgehead atoms. The van der Waals surface area contributed by atoms with Crippen LogP contribution in [0.4, 0.5) is 0 Å². The summed E-state index contributed by atoms with van der Waals surface area (Å²) in [5, 5.41) is 2.82. The molecule has 198 valence electrons. The summed E-state index contributed by atoms with van der Waals surface area (Å²) in [5.41, 5.74) is 1.11. The van der Waals surface area contributed by atoms with Crippen LogP contribution < -0.4 is 10.1 Å². The van der Waals surface area contributed by atoms with Crippen molar-refractivity contribution in [3.63, 3.8) is 0 Å². The van der Waals surface area contributed by atoms with E-state index in [2.05, 4.69) is 5.32 Å². The Kier molecular flexibility index (Phi) is 9.89. The van der Waals surface area contributed by atoms with E-state index in [9.17, 15) is 21.6 Å². The molecule has 0 aliphatic carbocycles. The lowest BCUT2D eigenvalue weighted by molar-refractivity contribution is -0.126. The molecule has 1 atom stereocenters. The molecule has 1 fully saturated rings. The summed E-state index contributed by atoms with van der Waals surface area (Å²) >= 11 is 0. The van der Waals surface area contributed by atoms with Crippen LogP contribution >= 0.6 is 0 Å². The Morgan fingerprint density at radius 1 is 1.06 bits per heavy atom. The van der Waals surface area contributed by atoms with Crippen molar-refractivity contribution in [2.45, 2.75) is 30.6 Å². The number of carbonyl (C=O) groups is 1. The molecule has 3 rings (SSSR count). The van der Waals surface area contributed by atoms with E-state index in [0.717, 1.165) is 9.87 Å². The van der Waals surface area contributed by atoms with Crippen molar-refractivity contribution in [3.05, 3.63) is 60.2 Å². The zero-order valence-electron chi connectivity index (χ0n) is 20.8. The third kappa shape index (κ3) is 7.76. The van der Waals surface area contributed by atoms with Gasteiger partial charge in [-0.25, -0.2) is 25.4 Å². The first-order chi connectivity index (χ1) is 17.1. The largest absolute Gasteiger partial charge is 0.492 e. The van der Waals surface area contributed by atoms with Gasteiger partial charge in [-0.15, -0.1) is 0 Å². The van der Waals surface area contributed by atoms with Crippen molar-refractivity contribution in [1.29, 1.82) is 0 Å². The normalized spacial score (nSPS) is 17.1. The van der Waals surface area contributed by atoms with E-state index in [1.54, 1.807) is 12.1 Å². The van der Waals surface area contributed by atoms with Crippen LogP contribution in [-0.4, -0.2) is 77.4 Å². The number of rotatable bonds is 12. The Morgan fingerprint density at radius 3 is 2.42 bits per heavy atom. The first kappa shape index (κ1) is 28.1. The predicted molar refractivity (Wildman–Crippen MR) is 139 cm³/mol. The minimum Gasteiger partial charge on any atom is -0.492 e. The molecular weight excluding hydrogens is 502 g/mol. The number of amides is 1. The average molecular weight is 538 g/mol. The summed E-state index contributed by atoms with van der Waals surface area (Å²) in [6, 6.07) is 15.9. The molecule has 9 nitrogen and oxygen atoms in total. The van der Waals surface area contributed by atoms with Crippen molar-refractivity contribution in [2.24, 2.45) is 5.92 Å². The zero-order valence-corrected chi connectivity index (χ0v) is 22.4. The third-order valence-corrected chi connectivity index (χ3v) is 9.88. The number of hydrogen-bond donors (Lipinski definition) is 1. The first-order valence-corrected chi connectivity index (χ1v) is 15.1. The number of benzene rings is 2. The molecule has 0 radical (unpaired) electrons. The lowest BCUT2D eigenvalue weighted by Crippen LogP contribution is -2.46. The molecule has 2 aromatic rings. The molecule has 1 N–H and O–H groups in total. The van der Waals surface area contributed by atoms with Crippen molar-refractivity contribution in [3.8, 4) is 5.75 Å². The van der Waals surface area contributed by atoms with Gasteiger partial charge in [-0.05, 0) is 55.5 Å². The average Bonchev–Trinajstić information content (AvgIpc) is 2.87. The molecule has 0 unspecified atom stereocenters. The predicted octanol–water partition coefficient (Wildman–Crippen LogP) is 2.11. The standard InChI is InChI=1S/C25H35N3O6S2/c1-27(2)36(32,33)24-14-12-23(13-15-24)34-18-16-26-25(29)22-11-6-17-28(20-22)35(30,31)19-7-10-21-8-4-3-5-9-21/h3-5,8-9,12-15,22H,6-7,10-11,16-20H2,1-2H3,(H,26,29)/t22-/m1/s1. The summed E-state index contributed by atoms with van der Waals surface area (Å²) in [7, 11) is -3.98. The van der Waals surface area contributed by atoms with Crippen molar-refractivity contribution in [1.82, 2.24) is 13.9 Å². The molecule has 1 aliphatic heterocycles. The minimum atomic E-state index is -3.50. The van der Waals surface area contributed by atoms with E-state index in [-0.39, 0.29) is 36.3 Å². The number of nitrogens with zero attached hydrogens (tertiary/aromatic N) is 2. The zero-order chi connectivity index (χ0) is 26.2. The molecule has 1 heterocycles. The third-order valence-electron chi connectivity index (χ3n) is 6.13. The van der Waals surface area contributed by atoms with Crippen LogP contribution in [-0.2, 0) is 31.3 Å². The summed E-state index contributed by atoms with van der Waals surface area (Å²) < 4.78 is 58.1.